The number of esters is 1. The van der Waals surface area contributed by atoms with Crippen LogP contribution in [0, 0.1) is 0 Å². The third-order valence-corrected chi connectivity index (χ3v) is 1.29. The Hall–Kier alpha value is 0.210. The van der Waals surface area contributed by atoms with Gasteiger partial charge in [0.1, 0.15) is 0 Å². The molecule has 0 aliphatic rings. The number of ether oxygens (including phenoxy) is 1. The standard InChI is InChI=1S/C8H16O2.Ag/c1-3-5-6-7-8(9)10-4-2;/h3-7H2,1-2H3;. The molecule has 0 heterocycles. The van der Waals surface area contributed by atoms with Crippen molar-refractivity contribution >= 4 is 5.97 Å². The van der Waals surface area contributed by atoms with Gasteiger partial charge >= 0.3 is 5.97 Å². The SMILES string of the molecule is CCCCCC(=O)OCC.[Ag]. The molecular formula is C8H16AgO2. The molecule has 2 nitrogen and oxygen atoms in total. The Kier molecular flexibility index (Phi) is 12.8. The van der Waals surface area contributed by atoms with E-state index in [4.69, 9.17) is 4.74 Å². The number of rotatable bonds is 5. The van der Waals surface area contributed by atoms with Crippen molar-refractivity contribution in [3.05, 3.63) is 0 Å². The maximum atomic E-state index is 10.7. The second-order valence-corrected chi connectivity index (χ2v) is 2.26. The maximum Gasteiger partial charge on any atom is 0.305 e. The van der Waals surface area contributed by atoms with Crippen LogP contribution in [0.15, 0.2) is 0 Å². The average molecular weight is 252 g/mol. The Bertz CT molecular complexity index is 94.1. The first-order valence-corrected chi connectivity index (χ1v) is 3.96. The molecule has 0 rings (SSSR count). The van der Waals surface area contributed by atoms with Crippen molar-refractivity contribution in [1.82, 2.24) is 0 Å². The number of hydrogen-bond acceptors (Lipinski definition) is 2. The molecule has 0 aliphatic heterocycles. The van der Waals surface area contributed by atoms with Crippen molar-refractivity contribution in [2.24, 2.45) is 0 Å². The predicted molar refractivity (Wildman–Crippen MR) is 40.8 cm³/mol. The van der Waals surface area contributed by atoms with Gasteiger partial charge in [-0.15, -0.1) is 0 Å². The Morgan fingerprint density at radius 3 is 2.36 bits per heavy atom. The van der Waals surface area contributed by atoms with Crippen molar-refractivity contribution in [2.75, 3.05) is 6.61 Å². The van der Waals surface area contributed by atoms with Gasteiger partial charge in [0.2, 0.25) is 0 Å². The van der Waals surface area contributed by atoms with E-state index < -0.39 is 0 Å². The minimum atomic E-state index is -0.0593. The summed E-state index contributed by atoms with van der Waals surface area (Å²) in [6.45, 7) is 4.45. The van der Waals surface area contributed by atoms with Crippen LogP contribution in [0.3, 0.4) is 0 Å². The fourth-order valence-electron chi connectivity index (χ4n) is 0.752. The second-order valence-electron chi connectivity index (χ2n) is 2.26. The minimum absolute atomic E-state index is 0. The van der Waals surface area contributed by atoms with E-state index in [0.29, 0.717) is 13.0 Å². The van der Waals surface area contributed by atoms with Crippen molar-refractivity contribution in [2.45, 2.75) is 39.5 Å². The Balaban J connectivity index is 0. The molecule has 11 heavy (non-hydrogen) atoms. The summed E-state index contributed by atoms with van der Waals surface area (Å²) in [6, 6.07) is 0. The van der Waals surface area contributed by atoms with Crippen LogP contribution in [0.2, 0.25) is 0 Å². The van der Waals surface area contributed by atoms with Crippen LogP contribution < -0.4 is 0 Å². The van der Waals surface area contributed by atoms with E-state index >= 15 is 0 Å². The Labute approximate surface area is 84.2 Å². The van der Waals surface area contributed by atoms with Gasteiger partial charge in [-0.25, -0.2) is 0 Å². The van der Waals surface area contributed by atoms with Crippen molar-refractivity contribution < 1.29 is 31.9 Å². The second kappa shape index (κ2) is 10.2. The molecule has 0 N–H and O–H groups in total. The minimum Gasteiger partial charge on any atom is -0.466 e. The molecule has 0 aromatic carbocycles. The zero-order valence-electron chi connectivity index (χ0n) is 7.15. The summed E-state index contributed by atoms with van der Waals surface area (Å²) in [5.41, 5.74) is 0. The average Bonchev–Trinajstić information content (AvgIpc) is 1.89. The summed E-state index contributed by atoms with van der Waals surface area (Å²) in [5.74, 6) is -0.0593. The summed E-state index contributed by atoms with van der Waals surface area (Å²) < 4.78 is 4.75. The van der Waals surface area contributed by atoms with Crippen LogP contribution in [0.1, 0.15) is 39.5 Å². The number of carbonyl (C=O) groups excluding carboxylic acids is 1. The van der Waals surface area contributed by atoms with E-state index in [1.54, 1.807) is 0 Å². The quantitative estimate of drug-likeness (QED) is 0.425. The van der Waals surface area contributed by atoms with Gasteiger partial charge in [0, 0.05) is 28.8 Å². The monoisotopic (exact) mass is 251 g/mol. The van der Waals surface area contributed by atoms with E-state index in [0.717, 1.165) is 19.3 Å². The van der Waals surface area contributed by atoms with Crippen molar-refractivity contribution in [1.29, 1.82) is 0 Å². The molecule has 0 fully saturated rings. The summed E-state index contributed by atoms with van der Waals surface area (Å²) in [6.07, 6.45) is 3.83. The predicted octanol–water partition coefficient (Wildman–Crippen LogP) is 2.13. The third kappa shape index (κ3) is 10.2. The van der Waals surface area contributed by atoms with Gasteiger partial charge in [0.15, 0.2) is 0 Å². The molecule has 71 valence electrons. The Morgan fingerprint density at radius 1 is 1.27 bits per heavy atom. The van der Waals surface area contributed by atoms with Gasteiger partial charge < -0.3 is 4.74 Å². The molecular weight excluding hydrogens is 236 g/mol. The summed E-state index contributed by atoms with van der Waals surface area (Å²) in [5, 5.41) is 0. The smallest absolute Gasteiger partial charge is 0.305 e. The molecule has 0 unspecified atom stereocenters. The van der Waals surface area contributed by atoms with Gasteiger partial charge in [-0.1, -0.05) is 19.8 Å². The molecule has 0 atom stereocenters. The largest absolute Gasteiger partial charge is 0.466 e. The van der Waals surface area contributed by atoms with E-state index in [1.165, 1.54) is 0 Å². The molecule has 0 saturated carbocycles. The summed E-state index contributed by atoms with van der Waals surface area (Å²) >= 11 is 0. The van der Waals surface area contributed by atoms with E-state index in [1.807, 2.05) is 6.92 Å². The Morgan fingerprint density at radius 2 is 1.91 bits per heavy atom. The topological polar surface area (TPSA) is 26.3 Å². The fourth-order valence-corrected chi connectivity index (χ4v) is 0.752. The first-order chi connectivity index (χ1) is 4.81. The van der Waals surface area contributed by atoms with Crippen molar-refractivity contribution in [3.63, 3.8) is 0 Å². The van der Waals surface area contributed by atoms with E-state index in [-0.39, 0.29) is 28.3 Å². The van der Waals surface area contributed by atoms with Gasteiger partial charge in [0.25, 0.3) is 0 Å². The van der Waals surface area contributed by atoms with Crippen LogP contribution in [0.4, 0.5) is 0 Å². The third-order valence-electron chi connectivity index (χ3n) is 1.29. The first kappa shape index (κ1) is 13.8. The number of carbonyl (C=O) groups is 1. The molecule has 0 aromatic heterocycles. The fraction of sp³-hybridized carbons (Fsp3) is 0.875. The number of unbranched alkanes of at least 4 members (excludes halogenated alkanes) is 2. The van der Waals surface area contributed by atoms with E-state index in [2.05, 4.69) is 6.92 Å². The van der Waals surface area contributed by atoms with Gasteiger partial charge in [-0.2, -0.15) is 0 Å². The van der Waals surface area contributed by atoms with Gasteiger partial charge in [-0.05, 0) is 13.3 Å². The molecule has 0 spiro atoms. The molecule has 1 radical (unpaired) electrons. The summed E-state index contributed by atoms with van der Waals surface area (Å²) in [4.78, 5) is 10.7. The summed E-state index contributed by atoms with van der Waals surface area (Å²) in [7, 11) is 0. The molecule has 0 aliphatic carbocycles. The number of hydrogen-bond donors (Lipinski definition) is 0. The van der Waals surface area contributed by atoms with Crippen LogP contribution >= 0.6 is 0 Å². The van der Waals surface area contributed by atoms with Gasteiger partial charge in [0.05, 0.1) is 6.61 Å². The van der Waals surface area contributed by atoms with Crippen LogP contribution in [0.25, 0.3) is 0 Å². The normalized spacial score (nSPS) is 8.55. The van der Waals surface area contributed by atoms with Crippen LogP contribution in [-0.4, -0.2) is 12.6 Å². The zero-order chi connectivity index (χ0) is 7.82. The molecule has 0 aromatic rings. The first-order valence-electron chi connectivity index (χ1n) is 3.96. The molecule has 0 bridgehead atoms. The van der Waals surface area contributed by atoms with E-state index in [9.17, 15) is 4.79 Å². The van der Waals surface area contributed by atoms with Gasteiger partial charge in [-0.3, -0.25) is 4.79 Å². The van der Waals surface area contributed by atoms with Crippen LogP contribution in [-0.2, 0) is 31.9 Å². The zero-order valence-corrected chi connectivity index (χ0v) is 8.64. The molecule has 0 saturated heterocycles. The van der Waals surface area contributed by atoms with Crippen LogP contribution in [0.5, 0.6) is 0 Å². The molecule has 3 heteroatoms. The maximum absolute atomic E-state index is 10.7. The van der Waals surface area contributed by atoms with Crippen molar-refractivity contribution in [3.8, 4) is 0 Å². The molecule has 0 amide bonds.